The van der Waals surface area contributed by atoms with Crippen LogP contribution in [0.25, 0.3) is 11.3 Å². The van der Waals surface area contributed by atoms with Gasteiger partial charge in [-0.05, 0) is 37.0 Å². The molecule has 1 aliphatic heterocycles. The first-order valence-electron chi connectivity index (χ1n) is 10.1. The number of benzene rings is 2. The standard InChI is InChI=1S/C24H24ClN3O/c25-21-8-4-7-20(15-21)23-17-26-16-22(27-23)19-11-13-28(14-12-19)24(29)10-9-18-5-2-1-3-6-18/h1-8,15-17,19H,9-14H2. The summed E-state index contributed by atoms with van der Waals surface area (Å²) in [6, 6.07) is 17.9. The highest BCUT2D eigenvalue weighted by Gasteiger charge is 2.25. The molecule has 1 aromatic heterocycles. The zero-order chi connectivity index (χ0) is 20.1. The topological polar surface area (TPSA) is 46.1 Å². The molecule has 0 radical (unpaired) electrons. The Hall–Kier alpha value is -2.72. The van der Waals surface area contributed by atoms with Crippen molar-refractivity contribution in [2.24, 2.45) is 0 Å². The Morgan fingerprint density at radius 2 is 1.83 bits per heavy atom. The smallest absolute Gasteiger partial charge is 0.222 e. The summed E-state index contributed by atoms with van der Waals surface area (Å²) in [4.78, 5) is 23.8. The third-order valence-electron chi connectivity index (χ3n) is 5.51. The zero-order valence-electron chi connectivity index (χ0n) is 16.3. The van der Waals surface area contributed by atoms with Crippen LogP contribution in [0, 0.1) is 0 Å². The van der Waals surface area contributed by atoms with Crippen molar-refractivity contribution in [3.05, 3.63) is 83.3 Å². The van der Waals surface area contributed by atoms with E-state index in [1.807, 2.05) is 53.6 Å². The van der Waals surface area contributed by atoms with E-state index in [0.29, 0.717) is 17.4 Å². The van der Waals surface area contributed by atoms with Gasteiger partial charge in [-0.15, -0.1) is 0 Å². The number of hydrogen-bond acceptors (Lipinski definition) is 3. The Morgan fingerprint density at radius 1 is 1.03 bits per heavy atom. The molecular formula is C24H24ClN3O. The number of nitrogens with zero attached hydrogens (tertiary/aromatic N) is 3. The second kappa shape index (κ2) is 9.19. The normalized spacial score (nSPS) is 14.7. The SMILES string of the molecule is O=C(CCc1ccccc1)N1CCC(c2cncc(-c3cccc(Cl)c3)n2)CC1. The van der Waals surface area contributed by atoms with Gasteiger partial charge < -0.3 is 4.90 Å². The highest BCUT2D eigenvalue weighted by Crippen LogP contribution is 2.29. The van der Waals surface area contributed by atoms with Gasteiger partial charge in [-0.25, -0.2) is 4.98 Å². The van der Waals surface area contributed by atoms with Crippen LogP contribution >= 0.6 is 11.6 Å². The highest BCUT2D eigenvalue weighted by molar-refractivity contribution is 6.30. The molecular weight excluding hydrogens is 382 g/mol. The molecule has 0 atom stereocenters. The van der Waals surface area contributed by atoms with Crippen molar-refractivity contribution in [1.29, 1.82) is 0 Å². The number of rotatable bonds is 5. The van der Waals surface area contributed by atoms with Crippen LogP contribution in [0.3, 0.4) is 0 Å². The molecule has 1 amide bonds. The zero-order valence-corrected chi connectivity index (χ0v) is 17.1. The average molecular weight is 406 g/mol. The van der Waals surface area contributed by atoms with Crippen LogP contribution in [0.4, 0.5) is 0 Å². The van der Waals surface area contributed by atoms with Crippen molar-refractivity contribution in [2.45, 2.75) is 31.6 Å². The number of carbonyl (C=O) groups excluding carboxylic acids is 1. The van der Waals surface area contributed by atoms with Gasteiger partial charge in [0.25, 0.3) is 0 Å². The first-order valence-corrected chi connectivity index (χ1v) is 10.5. The van der Waals surface area contributed by atoms with Crippen LogP contribution < -0.4 is 0 Å². The van der Waals surface area contributed by atoms with Crippen molar-refractivity contribution in [2.75, 3.05) is 13.1 Å². The summed E-state index contributed by atoms with van der Waals surface area (Å²) < 4.78 is 0. The molecule has 0 N–H and O–H groups in total. The van der Waals surface area contributed by atoms with Crippen molar-refractivity contribution in [3.8, 4) is 11.3 Å². The summed E-state index contributed by atoms with van der Waals surface area (Å²) in [7, 11) is 0. The molecule has 4 rings (SSSR count). The fourth-order valence-corrected chi connectivity index (χ4v) is 4.03. The van der Waals surface area contributed by atoms with Crippen molar-refractivity contribution >= 4 is 17.5 Å². The number of hydrogen-bond donors (Lipinski definition) is 0. The predicted molar refractivity (Wildman–Crippen MR) is 116 cm³/mol. The second-order valence-corrected chi connectivity index (χ2v) is 7.92. The molecule has 0 saturated carbocycles. The molecule has 29 heavy (non-hydrogen) atoms. The molecule has 1 fully saturated rings. The molecule has 4 nitrogen and oxygen atoms in total. The fourth-order valence-electron chi connectivity index (χ4n) is 3.84. The summed E-state index contributed by atoms with van der Waals surface area (Å²) in [5.41, 5.74) is 4.02. The minimum absolute atomic E-state index is 0.242. The van der Waals surface area contributed by atoms with Crippen LogP contribution in [-0.2, 0) is 11.2 Å². The molecule has 0 bridgehead atoms. The lowest BCUT2D eigenvalue weighted by molar-refractivity contribution is -0.132. The van der Waals surface area contributed by atoms with Crippen LogP contribution in [0.15, 0.2) is 67.0 Å². The number of amides is 1. The first kappa shape index (κ1) is 19.6. The summed E-state index contributed by atoms with van der Waals surface area (Å²) >= 11 is 6.11. The molecule has 3 aromatic rings. The monoisotopic (exact) mass is 405 g/mol. The van der Waals surface area contributed by atoms with Gasteiger partial charge in [-0.1, -0.05) is 54.1 Å². The molecule has 1 aliphatic rings. The van der Waals surface area contributed by atoms with E-state index in [1.165, 1.54) is 5.56 Å². The second-order valence-electron chi connectivity index (χ2n) is 7.48. The Morgan fingerprint density at radius 3 is 2.59 bits per heavy atom. The van der Waals surface area contributed by atoms with E-state index >= 15 is 0 Å². The molecule has 0 unspecified atom stereocenters. The van der Waals surface area contributed by atoms with E-state index < -0.39 is 0 Å². The Kier molecular flexibility index (Phi) is 6.20. The van der Waals surface area contributed by atoms with E-state index in [4.69, 9.17) is 16.6 Å². The quantitative estimate of drug-likeness (QED) is 0.590. The van der Waals surface area contributed by atoms with Gasteiger partial charge in [0.15, 0.2) is 0 Å². The van der Waals surface area contributed by atoms with E-state index in [0.717, 1.165) is 49.3 Å². The Bertz CT molecular complexity index is 969. The molecule has 1 saturated heterocycles. The Balaban J connectivity index is 1.35. The van der Waals surface area contributed by atoms with Crippen molar-refractivity contribution < 1.29 is 4.79 Å². The Labute approximate surface area is 176 Å². The predicted octanol–water partition coefficient (Wildman–Crippen LogP) is 5.14. The molecule has 2 heterocycles. The fraction of sp³-hybridized carbons (Fsp3) is 0.292. The largest absolute Gasteiger partial charge is 0.343 e. The number of aryl methyl sites for hydroxylation is 1. The first-order chi connectivity index (χ1) is 14.2. The van der Waals surface area contributed by atoms with Gasteiger partial charge in [-0.2, -0.15) is 0 Å². The van der Waals surface area contributed by atoms with Crippen molar-refractivity contribution in [3.63, 3.8) is 0 Å². The van der Waals surface area contributed by atoms with Gasteiger partial charge in [0.2, 0.25) is 5.91 Å². The summed E-state index contributed by atoms with van der Waals surface area (Å²) in [6.45, 7) is 1.56. The number of likely N-dealkylation sites (tertiary alicyclic amines) is 1. The van der Waals surface area contributed by atoms with E-state index in [2.05, 4.69) is 17.1 Å². The minimum atomic E-state index is 0.242. The molecule has 5 heteroatoms. The van der Waals surface area contributed by atoms with Crippen LogP contribution in [-0.4, -0.2) is 33.9 Å². The highest BCUT2D eigenvalue weighted by atomic mass is 35.5. The summed E-state index contributed by atoms with van der Waals surface area (Å²) in [6.07, 6.45) is 6.84. The van der Waals surface area contributed by atoms with E-state index in [1.54, 1.807) is 6.20 Å². The molecule has 0 spiro atoms. The van der Waals surface area contributed by atoms with E-state index in [-0.39, 0.29) is 5.91 Å². The van der Waals surface area contributed by atoms with Crippen LogP contribution in [0.1, 0.15) is 36.4 Å². The lowest BCUT2D eigenvalue weighted by atomic mass is 9.93. The lowest BCUT2D eigenvalue weighted by Crippen LogP contribution is -2.38. The molecule has 148 valence electrons. The third kappa shape index (κ3) is 5.01. The van der Waals surface area contributed by atoms with Gasteiger partial charge in [-0.3, -0.25) is 9.78 Å². The maximum Gasteiger partial charge on any atom is 0.222 e. The number of piperidine rings is 1. The van der Waals surface area contributed by atoms with Gasteiger partial charge >= 0.3 is 0 Å². The lowest BCUT2D eigenvalue weighted by Gasteiger charge is -2.32. The van der Waals surface area contributed by atoms with Gasteiger partial charge in [0.05, 0.1) is 17.6 Å². The number of carbonyl (C=O) groups is 1. The summed E-state index contributed by atoms with van der Waals surface area (Å²) in [5.74, 6) is 0.575. The third-order valence-corrected chi connectivity index (χ3v) is 5.74. The van der Waals surface area contributed by atoms with Crippen molar-refractivity contribution in [1.82, 2.24) is 14.9 Å². The summed E-state index contributed by atoms with van der Waals surface area (Å²) in [5, 5.41) is 0.692. The molecule has 0 aliphatic carbocycles. The van der Waals surface area contributed by atoms with E-state index in [9.17, 15) is 4.79 Å². The number of halogens is 1. The maximum absolute atomic E-state index is 12.6. The van der Waals surface area contributed by atoms with Crippen LogP contribution in [0.5, 0.6) is 0 Å². The molecule has 2 aromatic carbocycles. The maximum atomic E-state index is 12.6. The minimum Gasteiger partial charge on any atom is -0.343 e. The van der Waals surface area contributed by atoms with Gasteiger partial charge in [0.1, 0.15) is 0 Å². The number of aromatic nitrogens is 2. The van der Waals surface area contributed by atoms with Gasteiger partial charge in [0, 0.05) is 42.2 Å². The average Bonchev–Trinajstić information content (AvgIpc) is 2.78. The van der Waals surface area contributed by atoms with Crippen LogP contribution in [0.2, 0.25) is 5.02 Å².